The second kappa shape index (κ2) is 4.90. The lowest BCUT2D eigenvalue weighted by Crippen LogP contribution is -2.01. The number of nitrogens with two attached hydrogens (primary N) is 1. The Hall–Kier alpha value is -1.68. The van der Waals surface area contributed by atoms with Crippen LogP contribution in [0.2, 0.25) is 0 Å². The van der Waals surface area contributed by atoms with Gasteiger partial charge in [-0.3, -0.25) is 4.98 Å². The molecule has 0 aromatic carbocycles. The number of pyridine rings is 1. The SMILES string of the molecule is Cn1cnc(-c2ccnc(CCCN)c2)c1. The minimum absolute atomic E-state index is 0.704. The topological polar surface area (TPSA) is 56.7 Å². The monoisotopic (exact) mass is 216 g/mol. The van der Waals surface area contributed by atoms with Crippen molar-refractivity contribution in [2.24, 2.45) is 12.8 Å². The molecule has 0 aliphatic rings. The van der Waals surface area contributed by atoms with Gasteiger partial charge >= 0.3 is 0 Å². The molecule has 0 unspecified atom stereocenters. The molecule has 0 radical (unpaired) electrons. The normalized spacial score (nSPS) is 10.6. The lowest BCUT2D eigenvalue weighted by atomic mass is 10.1. The van der Waals surface area contributed by atoms with Crippen molar-refractivity contribution < 1.29 is 0 Å². The van der Waals surface area contributed by atoms with Gasteiger partial charge in [0, 0.05) is 30.7 Å². The molecule has 2 rings (SSSR count). The van der Waals surface area contributed by atoms with Crippen LogP contribution < -0.4 is 5.73 Å². The number of aromatic nitrogens is 3. The van der Waals surface area contributed by atoms with Gasteiger partial charge in [0.25, 0.3) is 0 Å². The van der Waals surface area contributed by atoms with Crippen molar-refractivity contribution in [3.05, 3.63) is 36.5 Å². The zero-order valence-electron chi connectivity index (χ0n) is 9.43. The largest absolute Gasteiger partial charge is 0.340 e. The Labute approximate surface area is 95.1 Å². The van der Waals surface area contributed by atoms with Crippen molar-refractivity contribution in [2.45, 2.75) is 12.8 Å². The highest BCUT2D eigenvalue weighted by atomic mass is 15.0. The summed E-state index contributed by atoms with van der Waals surface area (Å²) in [6.07, 6.45) is 7.53. The van der Waals surface area contributed by atoms with E-state index in [0.717, 1.165) is 29.8 Å². The summed E-state index contributed by atoms with van der Waals surface area (Å²) in [7, 11) is 1.97. The minimum Gasteiger partial charge on any atom is -0.340 e. The molecule has 0 saturated carbocycles. The van der Waals surface area contributed by atoms with Gasteiger partial charge in [-0.05, 0) is 31.5 Å². The Balaban J connectivity index is 2.22. The van der Waals surface area contributed by atoms with Crippen LogP contribution in [0, 0.1) is 0 Å². The summed E-state index contributed by atoms with van der Waals surface area (Å²) in [4.78, 5) is 8.64. The van der Waals surface area contributed by atoms with Crippen LogP contribution in [-0.2, 0) is 13.5 Å². The van der Waals surface area contributed by atoms with Crippen molar-refractivity contribution in [3.63, 3.8) is 0 Å². The summed E-state index contributed by atoms with van der Waals surface area (Å²) in [5, 5.41) is 0. The number of hydrogen-bond donors (Lipinski definition) is 1. The van der Waals surface area contributed by atoms with Gasteiger partial charge in [0.2, 0.25) is 0 Å². The van der Waals surface area contributed by atoms with Crippen molar-refractivity contribution >= 4 is 0 Å². The summed E-state index contributed by atoms with van der Waals surface area (Å²) in [6, 6.07) is 4.06. The highest BCUT2D eigenvalue weighted by Gasteiger charge is 2.02. The first-order valence-corrected chi connectivity index (χ1v) is 5.43. The number of nitrogens with zero attached hydrogens (tertiary/aromatic N) is 3. The Bertz CT molecular complexity index is 462. The molecule has 0 spiro atoms. The first-order chi connectivity index (χ1) is 7.79. The average Bonchev–Trinajstić information content (AvgIpc) is 2.74. The van der Waals surface area contributed by atoms with Gasteiger partial charge in [-0.25, -0.2) is 4.98 Å². The number of rotatable bonds is 4. The van der Waals surface area contributed by atoms with Gasteiger partial charge in [-0.2, -0.15) is 0 Å². The van der Waals surface area contributed by atoms with E-state index in [1.165, 1.54) is 0 Å². The van der Waals surface area contributed by atoms with Gasteiger partial charge < -0.3 is 10.3 Å². The van der Waals surface area contributed by atoms with Gasteiger partial charge in [-0.15, -0.1) is 0 Å². The molecule has 2 heterocycles. The molecule has 4 heteroatoms. The molecular formula is C12H16N4. The van der Waals surface area contributed by atoms with Crippen LogP contribution >= 0.6 is 0 Å². The molecule has 0 aliphatic heterocycles. The quantitative estimate of drug-likeness (QED) is 0.839. The van der Waals surface area contributed by atoms with Crippen LogP contribution in [0.1, 0.15) is 12.1 Å². The molecule has 2 aromatic rings. The zero-order valence-corrected chi connectivity index (χ0v) is 9.43. The standard InChI is InChI=1S/C12H16N4/c1-16-8-12(15-9-16)10-4-6-14-11(7-10)3-2-5-13/h4,6-9H,2-3,5,13H2,1H3. The molecule has 0 saturated heterocycles. The molecule has 16 heavy (non-hydrogen) atoms. The predicted octanol–water partition coefficient (Wildman–Crippen LogP) is 1.37. The van der Waals surface area contributed by atoms with Crippen LogP contribution in [0.3, 0.4) is 0 Å². The molecular weight excluding hydrogens is 200 g/mol. The van der Waals surface area contributed by atoms with E-state index in [1.54, 1.807) is 6.33 Å². The maximum Gasteiger partial charge on any atom is 0.0951 e. The van der Waals surface area contributed by atoms with E-state index in [1.807, 2.05) is 30.1 Å². The second-order valence-corrected chi connectivity index (χ2v) is 3.85. The van der Waals surface area contributed by atoms with Gasteiger partial charge in [0.05, 0.1) is 12.0 Å². The van der Waals surface area contributed by atoms with E-state index in [4.69, 9.17) is 5.73 Å². The number of hydrogen-bond acceptors (Lipinski definition) is 3. The maximum absolute atomic E-state index is 5.49. The lowest BCUT2D eigenvalue weighted by Gasteiger charge is -2.01. The highest BCUT2D eigenvalue weighted by Crippen LogP contribution is 2.17. The molecule has 0 atom stereocenters. The third kappa shape index (κ3) is 2.46. The Morgan fingerprint density at radius 1 is 1.38 bits per heavy atom. The summed E-state index contributed by atoms with van der Waals surface area (Å²) in [5.41, 5.74) is 8.66. The van der Waals surface area contributed by atoms with Gasteiger partial charge in [-0.1, -0.05) is 0 Å². The van der Waals surface area contributed by atoms with Crippen LogP contribution in [0.5, 0.6) is 0 Å². The highest BCUT2D eigenvalue weighted by molar-refractivity contribution is 5.58. The molecule has 2 N–H and O–H groups in total. The molecule has 2 aromatic heterocycles. The van der Waals surface area contributed by atoms with E-state index >= 15 is 0 Å². The lowest BCUT2D eigenvalue weighted by molar-refractivity contribution is 0.811. The Kier molecular flexibility index (Phi) is 3.31. The summed E-state index contributed by atoms with van der Waals surface area (Å²) in [5.74, 6) is 0. The fourth-order valence-electron chi connectivity index (χ4n) is 1.62. The van der Waals surface area contributed by atoms with E-state index < -0.39 is 0 Å². The third-order valence-corrected chi connectivity index (χ3v) is 2.45. The van der Waals surface area contributed by atoms with E-state index in [0.29, 0.717) is 6.54 Å². The fourth-order valence-corrected chi connectivity index (χ4v) is 1.62. The van der Waals surface area contributed by atoms with E-state index in [9.17, 15) is 0 Å². The van der Waals surface area contributed by atoms with Crippen molar-refractivity contribution in [3.8, 4) is 11.3 Å². The molecule has 0 amide bonds. The second-order valence-electron chi connectivity index (χ2n) is 3.85. The van der Waals surface area contributed by atoms with Gasteiger partial charge in [0.1, 0.15) is 0 Å². The van der Waals surface area contributed by atoms with Crippen molar-refractivity contribution in [1.29, 1.82) is 0 Å². The zero-order chi connectivity index (χ0) is 11.4. The van der Waals surface area contributed by atoms with Crippen LogP contribution in [0.4, 0.5) is 0 Å². The van der Waals surface area contributed by atoms with Crippen molar-refractivity contribution in [2.75, 3.05) is 6.54 Å². The number of imidazole rings is 1. The maximum atomic E-state index is 5.49. The third-order valence-electron chi connectivity index (χ3n) is 2.45. The predicted molar refractivity (Wildman–Crippen MR) is 63.8 cm³/mol. The number of aryl methyl sites for hydroxylation is 2. The average molecular weight is 216 g/mol. The molecule has 0 bridgehead atoms. The Morgan fingerprint density at radius 3 is 2.94 bits per heavy atom. The first-order valence-electron chi connectivity index (χ1n) is 5.43. The smallest absolute Gasteiger partial charge is 0.0951 e. The molecule has 0 fully saturated rings. The molecule has 0 aliphatic carbocycles. The summed E-state index contributed by atoms with van der Waals surface area (Å²) >= 11 is 0. The minimum atomic E-state index is 0.704. The molecule has 84 valence electrons. The van der Waals surface area contributed by atoms with Crippen LogP contribution in [0.25, 0.3) is 11.3 Å². The Morgan fingerprint density at radius 2 is 2.25 bits per heavy atom. The first kappa shape index (κ1) is 10.8. The summed E-state index contributed by atoms with van der Waals surface area (Å²) in [6.45, 7) is 0.704. The fraction of sp³-hybridized carbons (Fsp3) is 0.333. The van der Waals surface area contributed by atoms with Gasteiger partial charge in [0.15, 0.2) is 0 Å². The van der Waals surface area contributed by atoms with E-state index in [-0.39, 0.29) is 0 Å². The molecule has 4 nitrogen and oxygen atoms in total. The van der Waals surface area contributed by atoms with Crippen molar-refractivity contribution in [1.82, 2.24) is 14.5 Å². The van der Waals surface area contributed by atoms with E-state index in [2.05, 4.69) is 16.0 Å². The van der Waals surface area contributed by atoms with Crippen LogP contribution in [0.15, 0.2) is 30.9 Å². The van der Waals surface area contributed by atoms with Crippen LogP contribution in [-0.4, -0.2) is 21.1 Å². The summed E-state index contributed by atoms with van der Waals surface area (Å²) < 4.78 is 1.94.